The first-order valence-corrected chi connectivity index (χ1v) is 5.48. The van der Waals surface area contributed by atoms with Crippen LogP contribution in [-0.4, -0.2) is 9.38 Å². The molecule has 1 saturated carbocycles. The summed E-state index contributed by atoms with van der Waals surface area (Å²) in [6.45, 7) is 0. The van der Waals surface area contributed by atoms with Crippen molar-refractivity contribution in [2.75, 3.05) is 5.73 Å². The van der Waals surface area contributed by atoms with Crippen molar-refractivity contribution < 1.29 is 0 Å². The van der Waals surface area contributed by atoms with Gasteiger partial charge in [-0.15, -0.1) is 0 Å². The molecule has 14 heavy (non-hydrogen) atoms. The Hall–Kier alpha value is -1.03. The fourth-order valence-electron chi connectivity index (χ4n) is 1.72. The number of aromatic nitrogens is 2. The Kier molecular flexibility index (Phi) is 1.62. The van der Waals surface area contributed by atoms with E-state index < -0.39 is 0 Å². The van der Waals surface area contributed by atoms with Gasteiger partial charge in [0.05, 0.1) is 5.52 Å². The first-order chi connectivity index (χ1) is 6.75. The molecule has 1 fully saturated rings. The number of hydrogen-bond acceptors (Lipinski definition) is 2. The highest BCUT2D eigenvalue weighted by Crippen LogP contribution is 2.40. The summed E-state index contributed by atoms with van der Waals surface area (Å²) < 4.78 is 3.02. The van der Waals surface area contributed by atoms with Gasteiger partial charge in [-0.1, -0.05) is 0 Å². The zero-order valence-corrected chi connectivity index (χ0v) is 9.16. The van der Waals surface area contributed by atoms with E-state index in [2.05, 4.69) is 25.3 Å². The first kappa shape index (κ1) is 8.29. The van der Waals surface area contributed by atoms with Crippen molar-refractivity contribution in [3.8, 4) is 0 Å². The lowest BCUT2D eigenvalue weighted by Gasteiger charge is -1.99. The number of halogens is 1. The number of nitrogen functional groups attached to an aromatic ring is 1. The molecule has 2 aromatic rings. The molecule has 0 saturated heterocycles. The van der Waals surface area contributed by atoms with Gasteiger partial charge in [-0.25, -0.2) is 4.98 Å². The summed E-state index contributed by atoms with van der Waals surface area (Å²) in [4.78, 5) is 4.52. The Labute approximate surface area is 90.1 Å². The molecule has 0 aromatic carbocycles. The summed E-state index contributed by atoms with van der Waals surface area (Å²) in [6, 6.07) is 3.86. The summed E-state index contributed by atoms with van der Waals surface area (Å²) in [5, 5.41) is 0. The van der Waals surface area contributed by atoms with Crippen LogP contribution in [0.5, 0.6) is 0 Å². The lowest BCUT2D eigenvalue weighted by atomic mass is 10.3. The SMILES string of the molecule is Nc1ccn2c(C3CC3)nc(Br)c2c1. The van der Waals surface area contributed by atoms with Crippen molar-refractivity contribution in [2.45, 2.75) is 18.8 Å². The van der Waals surface area contributed by atoms with Crippen LogP contribution in [0, 0.1) is 0 Å². The summed E-state index contributed by atoms with van der Waals surface area (Å²) in [6.07, 6.45) is 4.52. The minimum absolute atomic E-state index is 0.650. The molecule has 0 aliphatic heterocycles. The van der Waals surface area contributed by atoms with Crippen molar-refractivity contribution in [3.63, 3.8) is 0 Å². The zero-order chi connectivity index (χ0) is 9.71. The average Bonchev–Trinajstić information content (AvgIpc) is 2.94. The Morgan fingerprint density at radius 2 is 2.29 bits per heavy atom. The van der Waals surface area contributed by atoms with Gasteiger partial charge in [-0.05, 0) is 40.9 Å². The molecular weight excluding hydrogens is 242 g/mol. The van der Waals surface area contributed by atoms with E-state index in [1.54, 1.807) is 0 Å². The predicted molar refractivity (Wildman–Crippen MR) is 59.3 cm³/mol. The molecule has 3 rings (SSSR count). The summed E-state index contributed by atoms with van der Waals surface area (Å²) in [5.41, 5.74) is 7.57. The van der Waals surface area contributed by atoms with Crippen LogP contribution >= 0.6 is 15.9 Å². The van der Waals surface area contributed by atoms with Crippen LogP contribution in [0.1, 0.15) is 24.6 Å². The molecule has 0 spiro atoms. The van der Waals surface area contributed by atoms with E-state index in [1.165, 1.54) is 12.8 Å². The normalized spacial score (nSPS) is 16.4. The minimum Gasteiger partial charge on any atom is -0.399 e. The van der Waals surface area contributed by atoms with E-state index in [1.807, 2.05) is 18.3 Å². The Morgan fingerprint density at radius 3 is 3.00 bits per heavy atom. The lowest BCUT2D eigenvalue weighted by molar-refractivity contribution is 0.919. The highest BCUT2D eigenvalue weighted by atomic mass is 79.9. The van der Waals surface area contributed by atoms with Gasteiger partial charge >= 0.3 is 0 Å². The summed E-state index contributed by atoms with van der Waals surface area (Å²) >= 11 is 3.46. The van der Waals surface area contributed by atoms with Gasteiger partial charge in [0.15, 0.2) is 0 Å². The highest BCUT2D eigenvalue weighted by molar-refractivity contribution is 9.10. The Morgan fingerprint density at radius 1 is 1.50 bits per heavy atom. The van der Waals surface area contributed by atoms with Crippen LogP contribution in [0.3, 0.4) is 0 Å². The van der Waals surface area contributed by atoms with E-state index in [0.29, 0.717) is 5.92 Å². The first-order valence-electron chi connectivity index (χ1n) is 4.68. The molecule has 0 amide bonds. The predicted octanol–water partition coefficient (Wildman–Crippen LogP) is 2.56. The summed E-state index contributed by atoms with van der Waals surface area (Å²) in [7, 11) is 0. The second-order valence-corrected chi connectivity index (χ2v) is 4.50. The number of nitrogens with two attached hydrogens (primary N) is 1. The number of fused-ring (bicyclic) bond motifs is 1. The maximum absolute atomic E-state index is 5.73. The Balaban J connectivity index is 2.32. The van der Waals surface area contributed by atoms with Crippen molar-refractivity contribution in [1.29, 1.82) is 0 Å². The number of imidazole rings is 1. The number of pyridine rings is 1. The molecular formula is C10H10BrN3. The fraction of sp³-hybridized carbons (Fsp3) is 0.300. The molecule has 0 unspecified atom stereocenters. The molecule has 4 heteroatoms. The molecule has 0 atom stereocenters. The second kappa shape index (κ2) is 2.73. The van der Waals surface area contributed by atoms with Gasteiger partial charge in [0.2, 0.25) is 0 Å². The molecule has 1 aliphatic carbocycles. The van der Waals surface area contributed by atoms with Gasteiger partial charge < -0.3 is 10.1 Å². The quantitative estimate of drug-likeness (QED) is 0.847. The maximum atomic E-state index is 5.73. The maximum Gasteiger partial charge on any atom is 0.132 e. The number of nitrogens with zero attached hydrogens (tertiary/aromatic N) is 2. The van der Waals surface area contributed by atoms with E-state index in [4.69, 9.17) is 5.73 Å². The van der Waals surface area contributed by atoms with E-state index in [-0.39, 0.29) is 0 Å². The number of anilines is 1. The van der Waals surface area contributed by atoms with Crippen molar-refractivity contribution >= 4 is 27.1 Å². The van der Waals surface area contributed by atoms with E-state index in [0.717, 1.165) is 21.6 Å². The molecule has 72 valence electrons. The Bertz CT molecular complexity index is 499. The molecule has 2 heterocycles. The standard InChI is InChI=1S/C10H10BrN3/c11-9-8-5-7(12)3-4-14(8)10(13-9)6-1-2-6/h3-6H,1-2,12H2. The van der Waals surface area contributed by atoms with E-state index in [9.17, 15) is 0 Å². The molecule has 0 bridgehead atoms. The van der Waals surface area contributed by atoms with E-state index >= 15 is 0 Å². The lowest BCUT2D eigenvalue weighted by Crippen LogP contribution is -1.93. The van der Waals surface area contributed by atoms with Crippen molar-refractivity contribution in [2.24, 2.45) is 0 Å². The van der Waals surface area contributed by atoms with Crippen LogP contribution in [0.4, 0.5) is 5.69 Å². The largest absolute Gasteiger partial charge is 0.399 e. The third-order valence-electron chi connectivity index (χ3n) is 2.59. The topological polar surface area (TPSA) is 43.3 Å². The monoisotopic (exact) mass is 251 g/mol. The number of rotatable bonds is 1. The fourth-order valence-corrected chi connectivity index (χ4v) is 2.20. The molecule has 2 aromatic heterocycles. The van der Waals surface area contributed by atoms with Crippen LogP contribution in [0.15, 0.2) is 22.9 Å². The zero-order valence-electron chi connectivity index (χ0n) is 7.57. The molecule has 0 radical (unpaired) electrons. The number of hydrogen-bond donors (Lipinski definition) is 1. The molecule has 1 aliphatic rings. The van der Waals surface area contributed by atoms with Crippen molar-refractivity contribution in [3.05, 3.63) is 28.8 Å². The van der Waals surface area contributed by atoms with Crippen LogP contribution in [0.25, 0.3) is 5.52 Å². The molecule has 2 N–H and O–H groups in total. The average molecular weight is 252 g/mol. The summed E-state index contributed by atoms with van der Waals surface area (Å²) in [5.74, 6) is 1.81. The third kappa shape index (κ3) is 1.14. The second-order valence-electron chi connectivity index (χ2n) is 3.75. The van der Waals surface area contributed by atoms with Crippen LogP contribution in [0.2, 0.25) is 0 Å². The van der Waals surface area contributed by atoms with Crippen molar-refractivity contribution in [1.82, 2.24) is 9.38 Å². The van der Waals surface area contributed by atoms with Gasteiger partial charge in [0.1, 0.15) is 10.4 Å². The van der Waals surface area contributed by atoms with Gasteiger partial charge in [-0.3, -0.25) is 0 Å². The van der Waals surface area contributed by atoms with Gasteiger partial charge in [0, 0.05) is 17.8 Å². The van der Waals surface area contributed by atoms with Gasteiger partial charge in [0.25, 0.3) is 0 Å². The smallest absolute Gasteiger partial charge is 0.132 e. The highest BCUT2D eigenvalue weighted by Gasteiger charge is 2.28. The van der Waals surface area contributed by atoms with Gasteiger partial charge in [-0.2, -0.15) is 0 Å². The third-order valence-corrected chi connectivity index (χ3v) is 3.18. The minimum atomic E-state index is 0.650. The molecule has 3 nitrogen and oxygen atoms in total. The van der Waals surface area contributed by atoms with Crippen LogP contribution in [-0.2, 0) is 0 Å². The van der Waals surface area contributed by atoms with Crippen LogP contribution < -0.4 is 5.73 Å².